The molecule has 0 aliphatic heterocycles. The average Bonchev–Trinajstić information content (AvgIpc) is 2.65. The van der Waals surface area contributed by atoms with Crippen molar-refractivity contribution in [3.8, 4) is 0 Å². The Morgan fingerprint density at radius 2 is 1.41 bits per heavy atom. The quantitative estimate of drug-likeness (QED) is 0.330. The molecule has 29 heavy (non-hydrogen) atoms. The maximum absolute atomic E-state index is 4.47. The van der Waals surface area contributed by atoms with E-state index in [1.54, 1.807) is 0 Å². The Kier molecular flexibility index (Phi) is 14.1. The van der Waals surface area contributed by atoms with Crippen LogP contribution in [0.5, 0.6) is 0 Å². The number of benzene rings is 1. The van der Waals surface area contributed by atoms with Gasteiger partial charge in [-0.15, -0.1) is 0 Å². The summed E-state index contributed by atoms with van der Waals surface area (Å²) < 4.78 is 0. The third-order valence-corrected chi connectivity index (χ3v) is 4.35. The first-order valence-corrected chi connectivity index (χ1v) is 9.04. The van der Waals surface area contributed by atoms with Crippen LogP contribution in [0.4, 0.5) is 5.69 Å². The van der Waals surface area contributed by atoms with Gasteiger partial charge in [-0.05, 0) is 49.7 Å². The molecular formula is C22H26Br2FeN4. The summed E-state index contributed by atoms with van der Waals surface area (Å²) in [6, 6.07) is 18.6. The number of hydrogen-bond acceptors (Lipinski definition) is 4. The predicted octanol–water partition coefficient (Wildman–Crippen LogP) is -1.79. The van der Waals surface area contributed by atoms with Gasteiger partial charge in [-0.1, -0.05) is 29.8 Å². The van der Waals surface area contributed by atoms with E-state index < -0.39 is 0 Å². The van der Waals surface area contributed by atoms with Crippen LogP contribution in [0.25, 0.3) is 0 Å². The zero-order chi connectivity index (χ0) is 18.2. The summed E-state index contributed by atoms with van der Waals surface area (Å²) in [5.41, 5.74) is 5.93. The fourth-order valence-electron chi connectivity index (χ4n) is 3.02. The second kappa shape index (κ2) is 14.7. The largest absolute Gasteiger partial charge is 2.00 e. The molecule has 3 aromatic rings. The van der Waals surface area contributed by atoms with Gasteiger partial charge < -0.3 is 39.3 Å². The Balaban J connectivity index is 0.00000261. The predicted molar refractivity (Wildman–Crippen MR) is 107 cm³/mol. The summed E-state index contributed by atoms with van der Waals surface area (Å²) in [6.07, 6.45) is 3.70. The number of nitrogens with one attached hydrogen (secondary N) is 1. The van der Waals surface area contributed by atoms with Crippen LogP contribution in [0.3, 0.4) is 0 Å². The van der Waals surface area contributed by atoms with E-state index in [-0.39, 0.29) is 51.0 Å². The van der Waals surface area contributed by atoms with Crippen molar-refractivity contribution in [1.29, 1.82) is 0 Å². The summed E-state index contributed by atoms with van der Waals surface area (Å²) in [5, 5.41) is 3.56. The molecule has 0 aliphatic rings. The minimum absolute atomic E-state index is 0. The molecule has 7 heteroatoms. The molecule has 2 aromatic heterocycles. The first-order chi connectivity index (χ1) is 12.7. The van der Waals surface area contributed by atoms with Crippen LogP contribution in [0.2, 0.25) is 0 Å². The van der Waals surface area contributed by atoms with Crippen LogP contribution in [0.15, 0.2) is 67.0 Å². The molecule has 3 rings (SSSR count). The van der Waals surface area contributed by atoms with Crippen LogP contribution in [-0.4, -0.2) is 28.0 Å². The molecule has 0 amide bonds. The second-order valence-electron chi connectivity index (χ2n) is 6.60. The SMILES string of the molecule is Cc1ccc(NCCN(Cc2ccccn2)Cc2ccccn2)c(C)c1.[Br-].[Br-].[Fe+2]. The van der Waals surface area contributed by atoms with Crippen LogP contribution >= 0.6 is 0 Å². The Hall–Kier alpha value is -1.24. The van der Waals surface area contributed by atoms with Crippen molar-refractivity contribution < 1.29 is 51.0 Å². The normalized spacial score (nSPS) is 9.76. The van der Waals surface area contributed by atoms with E-state index in [0.717, 1.165) is 37.6 Å². The van der Waals surface area contributed by atoms with E-state index in [1.165, 1.54) is 16.8 Å². The number of rotatable bonds is 8. The van der Waals surface area contributed by atoms with Gasteiger partial charge in [0.25, 0.3) is 0 Å². The topological polar surface area (TPSA) is 41.0 Å². The molecule has 1 N–H and O–H groups in total. The average molecular weight is 562 g/mol. The van der Waals surface area contributed by atoms with E-state index >= 15 is 0 Å². The smallest absolute Gasteiger partial charge is 1.00 e. The van der Waals surface area contributed by atoms with E-state index in [9.17, 15) is 0 Å². The van der Waals surface area contributed by atoms with Crippen molar-refractivity contribution in [3.05, 3.63) is 89.5 Å². The van der Waals surface area contributed by atoms with Crippen LogP contribution < -0.4 is 39.3 Å². The zero-order valence-electron chi connectivity index (χ0n) is 16.6. The second-order valence-corrected chi connectivity index (χ2v) is 6.60. The molecule has 0 radical (unpaired) electrons. The Bertz CT molecular complexity index is 778. The van der Waals surface area contributed by atoms with Gasteiger partial charge in [0.15, 0.2) is 0 Å². The molecule has 4 nitrogen and oxygen atoms in total. The fraction of sp³-hybridized carbons (Fsp3) is 0.273. The Labute approximate surface area is 205 Å². The summed E-state index contributed by atoms with van der Waals surface area (Å²) in [5.74, 6) is 0. The molecule has 0 atom stereocenters. The third-order valence-electron chi connectivity index (χ3n) is 4.35. The number of halogens is 2. The van der Waals surface area contributed by atoms with Crippen LogP contribution in [0, 0.1) is 13.8 Å². The van der Waals surface area contributed by atoms with Gasteiger partial charge in [0.05, 0.1) is 11.4 Å². The van der Waals surface area contributed by atoms with Gasteiger partial charge in [-0.25, -0.2) is 0 Å². The Morgan fingerprint density at radius 1 is 0.828 bits per heavy atom. The summed E-state index contributed by atoms with van der Waals surface area (Å²) >= 11 is 0. The minimum Gasteiger partial charge on any atom is -1.00 e. The Morgan fingerprint density at radius 3 is 1.90 bits per heavy atom. The fourth-order valence-corrected chi connectivity index (χ4v) is 3.02. The molecule has 2 heterocycles. The van der Waals surface area contributed by atoms with Gasteiger partial charge in [0, 0.05) is 44.3 Å². The maximum Gasteiger partial charge on any atom is 2.00 e. The van der Waals surface area contributed by atoms with Crippen molar-refractivity contribution in [2.75, 3.05) is 18.4 Å². The van der Waals surface area contributed by atoms with E-state index in [2.05, 4.69) is 64.4 Å². The molecule has 0 saturated heterocycles. The third kappa shape index (κ3) is 9.41. The number of aromatic nitrogens is 2. The number of nitrogens with zero attached hydrogens (tertiary/aromatic N) is 3. The van der Waals surface area contributed by atoms with Gasteiger partial charge in [0.1, 0.15) is 0 Å². The van der Waals surface area contributed by atoms with Crippen molar-refractivity contribution in [2.45, 2.75) is 26.9 Å². The monoisotopic (exact) mass is 560 g/mol. The molecule has 1 aromatic carbocycles. The van der Waals surface area contributed by atoms with Crippen molar-refractivity contribution >= 4 is 5.69 Å². The number of anilines is 1. The van der Waals surface area contributed by atoms with Gasteiger partial charge >= 0.3 is 17.1 Å². The van der Waals surface area contributed by atoms with Crippen LogP contribution in [0.1, 0.15) is 22.5 Å². The zero-order valence-corrected chi connectivity index (χ0v) is 20.9. The summed E-state index contributed by atoms with van der Waals surface area (Å²) in [4.78, 5) is 11.3. The molecule has 0 fully saturated rings. The van der Waals surface area contributed by atoms with Gasteiger partial charge in [-0.3, -0.25) is 14.9 Å². The van der Waals surface area contributed by atoms with Crippen molar-refractivity contribution in [2.24, 2.45) is 0 Å². The van der Waals surface area contributed by atoms with Gasteiger partial charge in [0.2, 0.25) is 0 Å². The molecule has 0 saturated carbocycles. The van der Waals surface area contributed by atoms with Crippen molar-refractivity contribution in [1.82, 2.24) is 14.9 Å². The summed E-state index contributed by atoms with van der Waals surface area (Å²) in [6.45, 7) is 7.69. The van der Waals surface area contributed by atoms with Crippen LogP contribution in [-0.2, 0) is 30.2 Å². The molecular weight excluding hydrogens is 536 g/mol. The number of aryl methyl sites for hydroxylation is 2. The number of hydrogen-bond donors (Lipinski definition) is 1. The standard InChI is InChI=1S/C22H26N4.2BrH.Fe/c1-18-9-10-22(19(2)15-18)25-13-14-26(16-20-7-3-5-11-23-20)17-21-8-4-6-12-24-21;;;/h3-12,15,25H,13-14,16-17H2,1-2H3;2*1H;/q;;;+2/p-2. The van der Waals surface area contributed by atoms with E-state index in [0.29, 0.717) is 0 Å². The van der Waals surface area contributed by atoms with Gasteiger partial charge in [-0.2, -0.15) is 0 Å². The van der Waals surface area contributed by atoms with Crippen molar-refractivity contribution in [3.63, 3.8) is 0 Å². The molecule has 0 aliphatic carbocycles. The molecule has 0 bridgehead atoms. The summed E-state index contributed by atoms with van der Waals surface area (Å²) in [7, 11) is 0. The minimum atomic E-state index is 0. The maximum atomic E-state index is 4.47. The first-order valence-electron chi connectivity index (χ1n) is 9.04. The molecule has 156 valence electrons. The number of pyridine rings is 2. The van der Waals surface area contributed by atoms with E-state index in [1.807, 2.05) is 36.7 Å². The van der Waals surface area contributed by atoms with E-state index in [4.69, 9.17) is 0 Å². The molecule has 0 spiro atoms. The molecule has 0 unspecified atom stereocenters. The first kappa shape index (κ1) is 27.8.